The maximum atomic E-state index is 13.5. The first-order chi connectivity index (χ1) is 13.6. The molecule has 1 heterocycles. The van der Waals surface area contributed by atoms with Crippen molar-refractivity contribution in [3.8, 4) is 0 Å². The van der Waals surface area contributed by atoms with Crippen molar-refractivity contribution >= 4 is 0 Å². The van der Waals surface area contributed by atoms with Crippen LogP contribution in [0.1, 0.15) is 36.7 Å². The normalized spacial score (nSPS) is 20.1. The van der Waals surface area contributed by atoms with E-state index in [1.807, 2.05) is 30.3 Å². The van der Waals surface area contributed by atoms with Crippen LogP contribution in [0, 0.1) is 11.6 Å². The number of hydrogen-bond acceptors (Lipinski definition) is 4. The predicted molar refractivity (Wildman–Crippen MR) is 103 cm³/mol. The average molecular weight is 391 g/mol. The molecule has 1 aliphatic heterocycles. The summed E-state index contributed by atoms with van der Waals surface area (Å²) in [6, 6.07) is 13.8. The minimum Gasteiger partial charge on any atom is -0.389 e. The highest BCUT2D eigenvalue weighted by atomic mass is 19.2. The molecule has 0 radical (unpaired) electrons. The lowest BCUT2D eigenvalue weighted by Gasteiger charge is -2.34. The van der Waals surface area contributed by atoms with E-state index in [9.17, 15) is 13.9 Å². The predicted octanol–water partition coefficient (Wildman–Crippen LogP) is 3.87. The summed E-state index contributed by atoms with van der Waals surface area (Å²) in [5.41, 5.74) is 1.70. The first-order valence-corrected chi connectivity index (χ1v) is 9.70. The number of benzene rings is 2. The molecule has 0 bridgehead atoms. The molecule has 0 saturated carbocycles. The summed E-state index contributed by atoms with van der Waals surface area (Å²) in [7, 11) is 0. The van der Waals surface area contributed by atoms with Crippen molar-refractivity contribution in [3.63, 3.8) is 0 Å². The summed E-state index contributed by atoms with van der Waals surface area (Å²) in [4.78, 5) is 2.06. The third kappa shape index (κ3) is 5.58. The van der Waals surface area contributed by atoms with Crippen LogP contribution in [-0.2, 0) is 9.47 Å². The molecule has 1 fully saturated rings. The Morgan fingerprint density at radius 2 is 1.96 bits per heavy atom. The van der Waals surface area contributed by atoms with Crippen molar-refractivity contribution < 1.29 is 23.4 Å². The van der Waals surface area contributed by atoms with Crippen molar-refractivity contribution in [2.24, 2.45) is 0 Å². The van der Waals surface area contributed by atoms with Gasteiger partial charge in [0.05, 0.1) is 31.5 Å². The van der Waals surface area contributed by atoms with Crippen LogP contribution >= 0.6 is 0 Å². The van der Waals surface area contributed by atoms with Gasteiger partial charge in [0.15, 0.2) is 11.6 Å². The van der Waals surface area contributed by atoms with E-state index in [1.54, 1.807) is 0 Å². The topological polar surface area (TPSA) is 41.9 Å². The zero-order valence-electron chi connectivity index (χ0n) is 16.1. The van der Waals surface area contributed by atoms with Gasteiger partial charge in [-0.05, 0) is 29.7 Å². The molecule has 3 atom stereocenters. The zero-order valence-corrected chi connectivity index (χ0v) is 16.1. The quantitative estimate of drug-likeness (QED) is 0.742. The minimum absolute atomic E-state index is 0.0459. The maximum absolute atomic E-state index is 13.5. The average Bonchev–Trinajstić information content (AvgIpc) is 2.71. The van der Waals surface area contributed by atoms with Crippen molar-refractivity contribution in [3.05, 3.63) is 71.3 Å². The minimum atomic E-state index is -0.877. The van der Waals surface area contributed by atoms with Gasteiger partial charge < -0.3 is 14.6 Å². The molecule has 0 aliphatic carbocycles. The lowest BCUT2D eigenvalue weighted by atomic mass is 10.1. The Balaban J connectivity index is 1.50. The van der Waals surface area contributed by atoms with E-state index in [4.69, 9.17) is 9.47 Å². The molecule has 1 N–H and O–H groups in total. The van der Waals surface area contributed by atoms with Gasteiger partial charge in [-0.25, -0.2) is 8.78 Å². The Hall–Kier alpha value is -1.86. The van der Waals surface area contributed by atoms with Crippen LogP contribution in [0.15, 0.2) is 48.5 Å². The largest absolute Gasteiger partial charge is 0.389 e. The van der Waals surface area contributed by atoms with Gasteiger partial charge in [-0.2, -0.15) is 0 Å². The fourth-order valence-electron chi connectivity index (χ4n) is 3.48. The van der Waals surface area contributed by atoms with Gasteiger partial charge in [-0.1, -0.05) is 43.3 Å². The highest BCUT2D eigenvalue weighted by Gasteiger charge is 2.25. The molecular formula is C22H27F2NO3. The zero-order chi connectivity index (χ0) is 19.9. The fraction of sp³-hybridized carbons (Fsp3) is 0.455. The summed E-state index contributed by atoms with van der Waals surface area (Å²) in [6.07, 6.45) is -0.200. The van der Waals surface area contributed by atoms with Gasteiger partial charge in [0, 0.05) is 19.6 Å². The summed E-state index contributed by atoms with van der Waals surface area (Å²) in [6.45, 7) is 4.39. The summed E-state index contributed by atoms with van der Waals surface area (Å²) < 4.78 is 38.3. The fourth-order valence-corrected chi connectivity index (χ4v) is 3.48. The van der Waals surface area contributed by atoms with E-state index in [-0.39, 0.29) is 18.8 Å². The SMILES string of the molecule is CCC(OCC(O)CN1CCOC(c2ccc(F)c(F)c2)C1)c1ccccc1. The second kappa shape index (κ2) is 10.1. The molecule has 3 unspecified atom stereocenters. The number of morpholine rings is 1. The van der Waals surface area contributed by atoms with Gasteiger partial charge in [-0.3, -0.25) is 4.90 Å². The number of nitrogens with zero attached hydrogens (tertiary/aromatic N) is 1. The third-order valence-corrected chi connectivity index (χ3v) is 4.97. The Morgan fingerprint density at radius 1 is 1.18 bits per heavy atom. The number of β-amino-alcohol motifs (C(OH)–C–C–N with tert-alkyl or cyclic N) is 1. The maximum Gasteiger partial charge on any atom is 0.159 e. The standard InChI is InChI=1S/C22H27F2NO3/c1-2-21(16-6-4-3-5-7-16)28-15-18(26)13-25-10-11-27-22(14-25)17-8-9-19(23)20(24)12-17/h3-9,12,18,21-22,26H,2,10-11,13-15H2,1H3. The highest BCUT2D eigenvalue weighted by molar-refractivity contribution is 5.21. The molecular weight excluding hydrogens is 364 g/mol. The molecule has 2 aromatic rings. The summed E-state index contributed by atoms with van der Waals surface area (Å²) in [5.74, 6) is -1.74. The molecule has 6 heteroatoms. The summed E-state index contributed by atoms with van der Waals surface area (Å²) in [5, 5.41) is 10.4. The van der Waals surface area contributed by atoms with E-state index in [0.717, 1.165) is 18.1 Å². The molecule has 0 amide bonds. The number of aliphatic hydroxyl groups excluding tert-OH is 1. The van der Waals surface area contributed by atoms with Gasteiger partial charge in [0.25, 0.3) is 0 Å². The van der Waals surface area contributed by atoms with Gasteiger partial charge >= 0.3 is 0 Å². The molecule has 0 aromatic heterocycles. The van der Waals surface area contributed by atoms with Crippen molar-refractivity contribution in [1.82, 2.24) is 4.90 Å². The third-order valence-electron chi connectivity index (χ3n) is 4.97. The molecule has 28 heavy (non-hydrogen) atoms. The van der Waals surface area contributed by atoms with Crippen molar-refractivity contribution in [2.45, 2.75) is 31.7 Å². The lowest BCUT2D eigenvalue weighted by molar-refractivity contribution is -0.0617. The number of aliphatic hydroxyl groups is 1. The molecule has 4 nitrogen and oxygen atoms in total. The molecule has 1 saturated heterocycles. The number of rotatable bonds is 8. The van der Waals surface area contributed by atoms with Crippen molar-refractivity contribution in [1.29, 1.82) is 0 Å². The second-order valence-electron chi connectivity index (χ2n) is 7.09. The number of halogens is 2. The van der Waals surface area contributed by atoms with Crippen LogP contribution in [0.2, 0.25) is 0 Å². The second-order valence-corrected chi connectivity index (χ2v) is 7.09. The van der Waals surface area contributed by atoms with Crippen LogP contribution in [0.3, 0.4) is 0 Å². The first-order valence-electron chi connectivity index (χ1n) is 9.70. The van der Waals surface area contributed by atoms with Crippen LogP contribution < -0.4 is 0 Å². The molecule has 3 rings (SSSR count). The van der Waals surface area contributed by atoms with E-state index in [2.05, 4.69) is 11.8 Å². The van der Waals surface area contributed by atoms with E-state index < -0.39 is 17.7 Å². The van der Waals surface area contributed by atoms with Gasteiger partial charge in [0.1, 0.15) is 0 Å². The Labute approximate surface area is 164 Å². The first kappa shape index (κ1) is 20.9. The Morgan fingerprint density at radius 3 is 2.68 bits per heavy atom. The van der Waals surface area contributed by atoms with E-state index in [1.165, 1.54) is 12.1 Å². The Kier molecular flexibility index (Phi) is 7.50. The lowest BCUT2D eigenvalue weighted by Crippen LogP contribution is -2.43. The van der Waals surface area contributed by atoms with Crippen LogP contribution in [0.25, 0.3) is 0 Å². The number of hydrogen-bond donors (Lipinski definition) is 1. The van der Waals surface area contributed by atoms with Gasteiger partial charge in [0.2, 0.25) is 0 Å². The van der Waals surface area contributed by atoms with E-state index in [0.29, 0.717) is 31.8 Å². The summed E-state index contributed by atoms with van der Waals surface area (Å²) >= 11 is 0. The highest BCUT2D eigenvalue weighted by Crippen LogP contribution is 2.24. The van der Waals surface area contributed by atoms with Gasteiger partial charge in [-0.15, -0.1) is 0 Å². The molecule has 0 spiro atoms. The van der Waals surface area contributed by atoms with Crippen LogP contribution in [0.5, 0.6) is 0 Å². The smallest absolute Gasteiger partial charge is 0.159 e. The molecule has 152 valence electrons. The monoisotopic (exact) mass is 391 g/mol. The van der Waals surface area contributed by atoms with Crippen LogP contribution in [-0.4, -0.2) is 49.0 Å². The Bertz CT molecular complexity index is 744. The van der Waals surface area contributed by atoms with Crippen molar-refractivity contribution in [2.75, 3.05) is 32.8 Å². The molecule has 2 aromatic carbocycles. The van der Waals surface area contributed by atoms with Crippen LogP contribution in [0.4, 0.5) is 8.78 Å². The molecule has 1 aliphatic rings. The van der Waals surface area contributed by atoms with E-state index >= 15 is 0 Å². The number of ether oxygens (including phenoxy) is 2.